The van der Waals surface area contributed by atoms with Gasteiger partial charge in [0.15, 0.2) is 0 Å². The van der Waals surface area contributed by atoms with Crippen LogP contribution in [0.25, 0.3) is 99.1 Å². The molecule has 0 aliphatic carbocycles. The Bertz CT molecular complexity index is 2830. The van der Waals surface area contributed by atoms with E-state index in [-0.39, 0.29) is 7.43 Å². The van der Waals surface area contributed by atoms with Gasteiger partial charge in [-0.15, -0.1) is 0 Å². The first-order valence-corrected chi connectivity index (χ1v) is 17.5. The second kappa shape index (κ2) is 12.9. The molecule has 52 heavy (non-hydrogen) atoms. The van der Waals surface area contributed by atoms with Crippen LogP contribution in [0.4, 0.5) is 0 Å². The van der Waals surface area contributed by atoms with Crippen LogP contribution in [0.15, 0.2) is 199 Å². The molecule has 0 saturated heterocycles. The lowest BCUT2D eigenvalue weighted by Crippen LogP contribution is -1.91. The molecule has 0 bridgehead atoms. The highest BCUT2D eigenvalue weighted by molar-refractivity contribution is 6.26. The molecule has 1 nitrogen and oxygen atoms in total. The van der Waals surface area contributed by atoms with Crippen LogP contribution in [0, 0.1) is 0 Å². The van der Waals surface area contributed by atoms with Crippen molar-refractivity contribution in [3.8, 4) is 55.6 Å². The topological polar surface area (TPSA) is 13.1 Å². The molecular weight excluding hydrogens is 629 g/mol. The second-order valence-corrected chi connectivity index (χ2v) is 13.2. The first-order chi connectivity index (χ1) is 25.3. The van der Waals surface area contributed by atoms with Crippen molar-refractivity contribution in [3.05, 3.63) is 194 Å². The van der Waals surface area contributed by atoms with Crippen LogP contribution in [0.5, 0.6) is 0 Å². The van der Waals surface area contributed by atoms with Crippen LogP contribution >= 0.6 is 0 Å². The highest BCUT2D eigenvalue weighted by atomic mass is 16.3. The quantitative estimate of drug-likeness (QED) is 0.167. The van der Waals surface area contributed by atoms with Crippen molar-refractivity contribution in [3.63, 3.8) is 0 Å². The molecule has 246 valence electrons. The van der Waals surface area contributed by atoms with Gasteiger partial charge < -0.3 is 4.42 Å². The Hall–Kier alpha value is -6.70. The molecule has 1 aromatic heterocycles. The largest absolute Gasteiger partial charge is 0.455 e. The van der Waals surface area contributed by atoms with Crippen molar-refractivity contribution in [2.45, 2.75) is 7.43 Å². The third-order valence-corrected chi connectivity index (χ3v) is 10.3. The van der Waals surface area contributed by atoms with E-state index in [9.17, 15) is 0 Å². The minimum absolute atomic E-state index is 0. The Labute approximate surface area is 304 Å². The molecule has 10 aromatic rings. The molecule has 0 radical (unpaired) electrons. The maximum atomic E-state index is 6.95. The number of fused-ring (bicyclic) bond motifs is 5. The van der Waals surface area contributed by atoms with Gasteiger partial charge in [-0.05, 0) is 83.7 Å². The van der Waals surface area contributed by atoms with Gasteiger partial charge >= 0.3 is 0 Å². The van der Waals surface area contributed by atoms with Gasteiger partial charge in [-0.1, -0.05) is 189 Å². The van der Waals surface area contributed by atoms with Crippen molar-refractivity contribution in [2.24, 2.45) is 0 Å². The molecule has 0 saturated carbocycles. The Morgan fingerprint density at radius 2 is 0.788 bits per heavy atom. The zero-order valence-corrected chi connectivity index (χ0v) is 27.9. The SMILES string of the molecule is C.c1ccc(-c2ccc(-c3ccccc3)c(-c3cccc4c3oc3cccc(-c5c6ccccc6c(-c6ccccc6)c6ccccc56)c34)c2)cc1. The molecule has 0 aliphatic heterocycles. The number of benzene rings is 9. The average molecular weight is 665 g/mol. The molecule has 0 spiro atoms. The Morgan fingerprint density at radius 3 is 1.42 bits per heavy atom. The lowest BCUT2D eigenvalue weighted by molar-refractivity contribution is 0.670. The molecule has 0 aliphatic rings. The highest BCUT2D eigenvalue weighted by Gasteiger charge is 2.22. The van der Waals surface area contributed by atoms with Gasteiger partial charge in [0.05, 0.1) is 0 Å². The summed E-state index contributed by atoms with van der Waals surface area (Å²) in [5, 5.41) is 7.20. The maximum Gasteiger partial charge on any atom is 0.143 e. The summed E-state index contributed by atoms with van der Waals surface area (Å²) < 4.78 is 6.95. The minimum atomic E-state index is 0. The first kappa shape index (κ1) is 31.3. The molecular formula is C51H36O. The smallest absolute Gasteiger partial charge is 0.143 e. The average Bonchev–Trinajstić information content (AvgIpc) is 3.60. The minimum Gasteiger partial charge on any atom is -0.455 e. The summed E-state index contributed by atoms with van der Waals surface area (Å²) in [5.41, 5.74) is 13.6. The third-order valence-electron chi connectivity index (χ3n) is 10.3. The van der Waals surface area contributed by atoms with Gasteiger partial charge in [0.2, 0.25) is 0 Å². The fourth-order valence-corrected chi connectivity index (χ4v) is 8.05. The molecule has 0 N–H and O–H groups in total. The molecule has 0 atom stereocenters. The lowest BCUT2D eigenvalue weighted by Gasteiger charge is -2.18. The summed E-state index contributed by atoms with van der Waals surface area (Å²) in [6.07, 6.45) is 0. The van der Waals surface area contributed by atoms with E-state index in [1.807, 2.05) is 0 Å². The fourth-order valence-electron chi connectivity index (χ4n) is 8.05. The van der Waals surface area contributed by atoms with Crippen molar-refractivity contribution in [1.29, 1.82) is 0 Å². The van der Waals surface area contributed by atoms with Gasteiger partial charge in [-0.25, -0.2) is 0 Å². The highest BCUT2D eigenvalue weighted by Crippen LogP contribution is 2.48. The van der Waals surface area contributed by atoms with Crippen LogP contribution in [0.1, 0.15) is 7.43 Å². The second-order valence-electron chi connectivity index (χ2n) is 13.2. The molecule has 1 heteroatoms. The van der Waals surface area contributed by atoms with Gasteiger partial charge in [-0.3, -0.25) is 0 Å². The Morgan fingerprint density at radius 1 is 0.288 bits per heavy atom. The van der Waals surface area contributed by atoms with E-state index in [4.69, 9.17) is 4.42 Å². The van der Waals surface area contributed by atoms with E-state index in [1.165, 1.54) is 66.1 Å². The number of hydrogen-bond donors (Lipinski definition) is 0. The van der Waals surface area contributed by atoms with Crippen LogP contribution < -0.4 is 0 Å². The van der Waals surface area contributed by atoms with Gasteiger partial charge in [0.25, 0.3) is 0 Å². The van der Waals surface area contributed by atoms with Gasteiger partial charge in [0, 0.05) is 16.3 Å². The van der Waals surface area contributed by atoms with Crippen molar-refractivity contribution >= 4 is 43.5 Å². The van der Waals surface area contributed by atoms with E-state index in [1.54, 1.807) is 0 Å². The number of hydrogen-bond acceptors (Lipinski definition) is 1. The summed E-state index contributed by atoms with van der Waals surface area (Å²) in [6.45, 7) is 0. The van der Waals surface area contributed by atoms with E-state index >= 15 is 0 Å². The Kier molecular flexibility index (Phi) is 7.75. The van der Waals surface area contributed by atoms with E-state index in [2.05, 4.69) is 194 Å². The van der Waals surface area contributed by atoms with Crippen molar-refractivity contribution in [1.82, 2.24) is 0 Å². The summed E-state index contributed by atoms with van der Waals surface area (Å²) >= 11 is 0. The predicted molar refractivity (Wildman–Crippen MR) is 223 cm³/mol. The van der Waals surface area contributed by atoms with Crippen LogP contribution in [0.3, 0.4) is 0 Å². The molecule has 1 heterocycles. The monoisotopic (exact) mass is 664 g/mol. The van der Waals surface area contributed by atoms with Crippen LogP contribution in [-0.4, -0.2) is 0 Å². The molecule has 10 rings (SSSR count). The van der Waals surface area contributed by atoms with E-state index < -0.39 is 0 Å². The summed E-state index contributed by atoms with van der Waals surface area (Å²) in [6, 6.07) is 69.7. The summed E-state index contributed by atoms with van der Waals surface area (Å²) in [5.74, 6) is 0. The molecule has 0 unspecified atom stereocenters. The van der Waals surface area contributed by atoms with E-state index in [0.29, 0.717) is 0 Å². The molecule has 0 fully saturated rings. The van der Waals surface area contributed by atoms with Crippen LogP contribution in [0.2, 0.25) is 0 Å². The van der Waals surface area contributed by atoms with Crippen LogP contribution in [-0.2, 0) is 0 Å². The lowest BCUT2D eigenvalue weighted by atomic mass is 9.85. The van der Waals surface area contributed by atoms with Crippen molar-refractivity contribution in [2.75, 3.05) is 0 Å². The number of furan rings is 1. The normalized spacial score (nSPS) is 11.3. The number of para-hydroxylation sites is 1. The zero-order chi connectivity index (χ0) is 33.7. The van der Waals surface area contributed by atoms with Gasteiger partial charge in [0.1, 0.15) is 11.2 Å². The summed E-state index contributed by atoms with van der Waals surface area (Å²) in [4.78, 5) is 0. The molecule has 0 amide bonds. The zero-order valence-electron chi connectivity index (χ0n) is 27.9. The number of rotatable bonds is 5. The third kappa shape index (κ3) is 5.01. The standard InChI is InChI=1S/C50H32O.CH4/c1-4-16-33(17-5-1)36-30-31-37(34-18-6-2-7-19-34)45(32-36)42-26-14-28-44-49-43(27-15-29-46(49)51-50(42)44)48-40-24-12-10-22-38(40)47(35-20-8-3-9-21-35)39-23-11-13-25-41(39)48;/h1-32H;1H4. The Balaban J connectivity index is 0.00000360. The van der Waals surface area contributed by atoms with Gasteiger partial charge in [-0.2, -0.15) is 0 Å². The van der Waals surface area contributed by atoms with Crippen molar-refractivity contribution < 1.29 is 4.42 Å². The van der Waals surface area contributed by atoms with E-state index in [0.717, 1.165) is 33.1 Å². The fraction of sp³-hybridized carbons (Fsp3) is 0.0196. The molecule has 9 aromatic carbocycles. The summed E-state index contributed by atoms with van der Waals surface area (Å²) in [7, 11) is 0. The first-order valence-electron chi connectivity index (χ1n) is 17.5. The maximum absolute atomic E-state index is 6.95. The predicted octanol–water partition coefficient (Wildman–Crippen LogP) is 14.9.